The van der Waals surface area contributed by atoms with Crippen molar-refractivity contribution in [1.29, 1.82) is 0 Å². The van der Waals surface area contributed by atoms with E-state index in [4.69, 9.17) is 0 Å². The van der Waals surface area contributed by atoms with E-state index in [1.165, 1.54) is 41.3 Å². The number of halogens is 2. The quantitative estimate of drug-likeness (QED) is 0.471. The molecule has 2 atom stereocenters. The van der Waals surface area contributed by atoms with E-state index < -0.39 is 27.7 Å². The molecule has 35 heavy (non-hydrogen) atoms. The van der Waals surface area contributed by atoms with Gasteiger partial charge >= 0.3 is 0 Å². The van der Waals surface area contributed by atoms with Gasteiger partial charge in [0, 0.05) is 25.6 Å². The van der Waals surface area contributed by atoms with Gasteiger partial charge in [-0.05, 0) is 68.7 Å². The lowest BCUT2D eigenvalue weighted by Gasteiger charge is -2.30. The maximum Gasteiger partial charge on any atom is 0.242 e. The van der Waals surface area contributed by atoms with Gasteiger partial charge < -0.3 is 10.2 Å². The van der Waals surface area contributed by atoms with E-state index in [1.807, 2.05) is 13.8 Å². The molecule has 0 saturated carbocycles. The Morgan fingerprint density at radius 3 is 2.03 bits per heavy atom. The Morgan fingerprint density at radius 1 is 0.971 bits per heavy atom. The van der Waals surface area contributed by atoms with Crippen LogP contribution in [0.5, 0.6) is 0 Å². The van der Waals surface area contributed by atoms with Crippen LogP contribution in [0.15, 0.2) is 48.5 Å². The van der Waals surface area contributed by atoms with Crippen molar-refractivity contribution in [2.45, 2.75) is 58.7 Å². The number of carbonyl (C=O) groups is 2. The lowest BCUT2D eigenvalue weighted by molar-refractivity contribution is -0.140. The van der Waals surface area contributed by atoms with E-state index >= 15 is 0 Å². The topological polar surface area (TPSA) is 86.8 Å². The Morgan fingerprint density at radius 2 is 1.51 bits per heavy atom. The molecule has 0 aliphatic carbocycles. The number of benzene rings is 2. The molecule has 0 aromatic heterocycles. The minimum Gasteiger partial charge on any atom is -0.352 e. The Hall–Kier alpha value is -3.01. The fourth-order valence-electron chi connectivity index (χ4n) is 3.45. The van der Waals surface area contributed by atoms with Crippen molar-refractivity contribution in [2.75, 3.05) is 17.1 Å². The van der Waals surface area contributed by atoms with Crippen LogP contribution in [0.2, 0.25) is 0 Å². The number of nitrogens with one attached hydrogen (secondary N) is 1. The van der Waals surface area contributed by atoms with Crippen LogP contribution >= 0.6 is 0 Å². The number of sulfonamides is 1. The lowest BCUT2D eigenvalue weighted by atomic mass is 10.1. The third kappa shape index (κ3) is 8.61. The van der Waals surface area contributed by atoms with Crippen molar-refractivity contribution in [2.24, 2.45) is 0 Å². The summed E-state index contributed by atoms with van der Waals surface area (Å²) in [6.07, 6.45) is 1.94. The summed E-state index contributed by atoms with van der Waals surface area (Å²) in [6, 6.07) is 9.88. The van der Waals surface area contributed by atoms with Gasteiger partial charge in [-0.15, -0.1) is 0 Å². The summed E-state index contributed by atoms with van der Waals surface area (Å²) in [6.45, 7) is 5.54. The Kier molecular flexibility index (Phi) is 10.2. The van der Waals surface area contributed by atoms with Crippen LogP contribution < -0.4 is 9.62 Å². The molecule has 7 nitrogen and oxygen atoms in total. The second-order valence-corrected chi connectivity index (χ2v) is 10.5. The van der Waals surface area contributed by atoms with E-state index in [-0.39, 0.29) is 43.8 Å². The first-order valence-corrected chi connectivity index (χ1v) is 13.3. The zero-order chi connectivity index (χ0) is 26.2. The van der Waals surface area contributed by atoms with Gasteiger partial charge in [0.05, 0.1) is 11.9 Å². The fraction of sp³-hybridized carbons (Fsp3) is 0.440. The number of hydrogen-bond acceptors (Lipinski definition) is 4. The standard InChI is InChI=1S/C25H33F2N3O4S/c1-5-18(2)28-25(32)19(3)29(17-20-8-10-21(26)11-9-20)24(31)7-6-16-30(35(4,33)34)23-14-12-22(27)13-15-23/h8-15,18-19H,5-7,16-17H2,1-4H3,(H,28,32). The summed E-state index contributed by atoms with van der Waals surface area (Å²) in [7, 11) is -3.66. The molecule has 0 bridgehead atoms. The number of carbonyl (C=O) groups excluding carboxylic acids is 2. The first kappa shape index (κ1) is 28.2. The maximum absolute atomic E-state index is 13.3. The lowest BCUT2D eigenvalue weighted by Crippen LogP contribution is -2.49. The third-order valence-electron chi connectivity index (χ3n) is 5.70. The Balaban J connectivity index is 2.15. The summed E-state index contributed by atoms with van der Waals surface area (Å²) >= 11 is 0. The van der Waals surface area contributed by atoms with Crippen molar-refractivity contribution in [3.8, 4) is 0 Å². The van der Waals surface area contributed by atoms with Crippen LogP contribution in [0.3, 0.4) is 0 Å². The van der Waals surface area contributed by atoms with Gasteiger partial charge in [-0.3, -0.25) is 13.9 Å². The van der Waals surface area contributed by atoms with Crippen molar-refractivity contribution >= 4 is 27.5 Å². The molecule has 10 heteroatoms. The van der Waals surface area contributed by atoms with Crippen LogP contribution in [0.1, 0.15) is 45.6 Å². The molecule has 2 aromatic carbocycles. The highest BCUT2D eigenvalue weighted by molar-refractivity contribution is 7.92. The highest BCUT2D eigenvalue weighted by Crippen LogP contribution is 2.20. The van der Waals surface area contributed by atoms with Crippen LogP contribution in [0.4, 0.5) is 14.5 Å². The second kappa shape index (κ2) is 12.6. The normalized spacial score (nSPS) is 13.1. The highest BCUT2D eigenvalue weighted by atomic mass is 32.2. The highest BCUT2D eigenvalue weighted by Gasteiger charge is 2.27. The Labute approximate surface area is 206 Å². The number of anilines is 1. The molecule has 2 rings (SSSR count). The summed E-state index contributed by atoms with van der Waals surface area (Å²) in [5.74, 6) is -1.54. The fourth-order valence-corrected chi connectivity index (χ4v) is 4.41. The van der Waals surface area contributed by atoms with Gasteiger partial charge in [0.15, 0.2) is 0 Å². The first-order chi connectivity index (χ1) is 16.4. The molecule has 0 spiro atoms. The molecule has 0 fully saturated rings. The predicted molar refractivity (Wildman–Crippen MR) is 132 cm³/mol. The first-order valence-electron chi connectivity index (χ1n) is 11.5. The predicted octanol–water partition coefficient (Wildman–Crippen LogP) is 3.84. The molecule has 0 heterocycles. The van der Waals surface area contributed by atoms with Crippen LogP contribution in [0, 0.1) is 11.6 Å². The number of nitrogens with zero attached hydrogens (tertiary/aromatic N) is 2. The van der Waals surface area contributed by atoms with Crippen LogP contribution in [-0.4, -0.2) is 50.0 Å². The van der Waals surface area contributed by atoms with Gasteiger partial charge in [0.1, 0.15) is 17.7 Å². The zero-order valence-electron chi connectivity index (χ0n) is 20.5. The largest absolute Gasteiger partial charge is 0.352 e. The monoisotopic (exact) mass is 509 g/mol. The van der Waals surface area contributed by atoms with Crippen molar-refractivity contribution in [3.63, 3.8) is 0 Å². The summed E-state index contributed by atoms with van der Waals surface area (Å²) in [4.78, 5) is 27.3. The Bertz CT molecular complexity index is 1090. The molecule has 2 unspecified atom stereocenters. The third-order valence-corrected chi connectivity index (χ3v) is 6.90. The van der Waals surface area contributed by atoms with E-state index in [0.29, 0.717) is 11.3 Å². The smallest absolute Gasteiger partial charge is 0.242 e. The second-order valence-electron chi connectivity index (χ2n) is 8.56. The molecule has 1 N–H and O–H groups in total. The number of hydrogen-bond donors (Lipinski definition) is 1. The average molecular weight is 510 g/mol. The molecule has 2 aromatic rings. The SMILES string of the molecule is CCC(C)NC(=O)C(C)N(Cc1ccc(F)cc1)C(=O)CCCN(c1ccc(F)cc1)S(C)(=O)=O. The number of amides is 2. The zero-order valence-corrected chi connectivity index (χ0v) is 21.3. The molecular weight excluding hydrogens is 476 g/mol. The molecule has 0 radical (unpaired) electrons. The van der Waals surface area contributed by atoms with Crippen molar-refractivity contribution < 1.29 is 26.8 Å². The van der Waals surface area contributed by atoms with Crippen molar-refractivity contribution in [3.05, 3.63) is 65.7 Å². The molecule has 2 amide bonds. The number of rotatable bonds is 12. The minimum absolute atomic E-state index is 0.00798. The molecule has 0 saturated heterocycles. The maximum atomic E-state index is 13.3. The summed E-state index contributed by atoms with van der Waals surface area (Å²) in [5.41, 5.74) is 0.956. The van der Waals surface area contributed by atoms with Crippen LogP contribution in [-0.2, 0) is 26.2 Å². The van der Waals surface area contributed by atoms with Gasteiger partial charge in [0.25, 0.3) is 0 Å². The van der Waals surface area contributed by atoms with E-state index in [1.54, 1.807) is 19.1 Å². The minimum atomic E-state index is -3.66. The van der Waals surface area contributed by atoms with E-state index in [0.717, 1.165) is 17.0 Å². The van der Waals surface area contributed by atoms with Gasteiger partial charge in [-0.25, -0.2) is 17.2 Å². The van der Waals surface area contributed by atoms with Crippen molar-refractivity contribution in [1.82, 2.24) is 10.2 Å². The van der Waals surface area contributed by atoms with E-state index in [2.05, 4.69) is 5.32 Å². The summed E-state index contributed by atoms with van der Waals surface area (Å²) < 4.78 is 52.3. The van der Waals surface area contributed by atoms with Gasteiger partial charge in [-0.2, -0.15) is 0 Å². The molecule has 0 aliphatic heterocycles. The van der Waals surface area contributed by atoms with E-state index in [9.17, 15) is 26.8 Å². The molecule has 192 valence electrons. The molecule has 0 aliphatic rings. The average Bonchev–Trinajstić information content (AvgIpc) is 2.80. The van der Waals surface area contributed by atoms with Crippen LogP contribution in [0.25, 0.3) is 0 Å². The molecular formula is C25H33F2N3O4S. The van der Waals surface area contributed by atoms with Gasteiger partial charge in [0.2, 0.25) is 21.8 Å². The summed E-state index contributed by atoms with van der Waals surface area (Å²) in [5, 5.41) is 2.87. The van der Waals surface area contributed by atoms with Gasteiger partial charge in [-0.1, -0.05) is 19.1 Å².